The monoisotopic (exact) mass is 365 g/mol. The maximum Gasteiger partial charge on any atom is 0.573 e. The molecule has 6 nitrogen and oxygen atoms in total. The van der Waals surface area contributed by atoms with Crippen molar-refractivity contribution < 1.29 is 35.8 Å². The molecule has 0 aliphatic rings. The summed E-state index contributed by atoms with van der Waals surface area (Å²) in [4.78, 5) is -0.697. The van der Waals surface area contributed by atoms with E-state index in [0.717, 1.165) is 12.1 Å². The molecule has 2 rings (SSSR count). The molecular formula is C14H14F3NO5S. The van der Waals surface area contributed by atoms with Crippen LogP contribution in [0.2, 0.25) is 0 Å². The van der Waals surface area contributed by atoms with Crippen molar-refractivity contribution in [3.05, 3.63) is 48.4 Å². The highest BCUT2D eigenvalue weighted by molar-refractivity contribution is 7.89. The standard InChI is InChI=1S/C14H14F3NO5S/c1-13(19,12-7-4-8-22-12)9-18-24(20,21)11-6-3-2-5-10(11)23-14(15,16)17/h2-8,18-19H,9H2,1H3/t13-/m1/s1. The lowest BCUT2D eigenvalue weighted by molar-refractivity contribution is -0.275. The van der Waals surface area contributed by atoms with Crippen LogP contribution in [0.1, 0.15) is 12.7 Å². The van der Waals surface area contributed by atoms with Crippen LogP contribution in [0.3, 0.4) is 0 Å². The number of nitrogens with one attached hydrogen (secondary N) is 1. The van der Waals surface area contributed by atoms with E-state index in [-0.39, 0.29) is 5.76 Å². The smallest absolute Gasteiger partial charge is 0.466 e. The second-order valence-corrected chi connectivity index (χ2v) is 6.81. The second kappa shape index (κ2) is 6.46. The lowest BCUT2D eigenvalue weighted by Gasteiger charge is -2.21. The Bertz CT molecular complexity index is 785. The fourth-order valence-electron chi connectivity index (χ4n) is 1.87. The van der Waals surface area contributed by atoms with Crippen molar-refractivity contribution >= 4 is 10.0 Å². The number of hydrogen-bond acceptors (Lipinski definition) is 5. The molecule has 1 aromatic heterocycles. The number of aliphatic hydroxyl groups is 1. The zero-order valence-corrected chi connectivity index (χ0v) is 13.2. The number of furan rings is 1. The first-order valence-corrected chi connectivity index (χ1v) is 8.10. The van der Waals surface area contributed by atoms with Crippen molar-refractivity contribution in [1.82, 2.24) is 4.72 Å². The second-order valence-electron chi connectivity index (χ2n) is 5.07. The van der Waals surface area contributed by atoms with E-state index in [0.29, 0.717) is 0 Å². The number of hydrogen-bond donors (Lipinski definition) is 2. The van der Waals surface area contributed by atoms with Gasteiger partial charge < -0.3 is 14.3 Å². The van der Waals surface area contributed by atoms with Gasteiger partial charge in [-0.15, -0.1) is 13.2 Å². The molecule has 0 unspecified atom stereocenters. The summed E-state index contributed by atoms with van der Waals surface area (Å²) in [6, 6.07) is 7.25. The molecule has 24 heavy (non-hydrogen) atoms. The summed E-state index contributed by atoms with van der Waals surface area (Å²) in [5.41, 5.74) is -1.68. The quantitative estimate of drug-likeness (QED) is 0.820. The Balaban J connectivity index is 2.22. The molecule has 132 valence electrons. The Morgan fingerprint density at radius 1 is 1.21 bits per heavy atom. The predicted octanol–water partition coefficient (Wildman–Crippen LogP) is 2.36. The Hall–Kier alpha value is -2.04. The SMILES string of the molecule is C[C@@](O)(CNS(=O)(=O)c1ccccc1OC(F)(F)F)c1ccco1. The van der Waals surface area contributed by atoms with Gasteiger partial charge in [0.25, 0.3) is 0 Å². The Morgan fingerprint density at radius 2 is 1.88 bits per heavy atom. The Labute approximate surface area is 135 Å². The molecular weight excluding hydrogens is 351 g/mol. The fourth-order valence-corrected chi connectivity index (χ4v) is 3.13. The average molecular weight is 365 g/mol. The molecule has 2 aromatic rings. The van der Waals surface area contributed by atoms with Crippen LogP contribution in [0, 0.1) is 0 Å². The van der Waals surface area contributed by atoms with Crippen LogP contribution in [0.5, 0.6) is 5.75 Å². The molecule has 0 bridgehead atoms. The molecule has 2 N–H and O–H groups in total. The van der Waals surface area contributed by atoms with E-state index >= 15 is 0 Å². The molecule has 1 aromatic carbocycles. The van der Waals surface area contributed by atoms with Gasteiger partial charge in [-0.2, -0.15) is 0 Å². The van der Waals surface area contributed by atoms with Gasteiger partial charge in [-0.05, 0) is 31.2 Å². The molecule has 0 radical (unpaired) electrons. The molecule has 0 fully saturated rings. The first kappa shape index (κ1) is 18.3. The van der Waals surface area contributed by atoms with Crippen LogP contribution in [0.25, 0.3) is 0 Å². The highest BCUT2D eigenvalue weighted by Crippen LogP contribution is 2.29. The summed E-state index contributed by atoms with van der Waals surface area (Å²) in [7, 11) is -4.36. The first-order chi connectivity index (χ1) is 11.0. The summed E-state index contributed by atoms with van der Waals surface area (Å²) in [6.07, 6.45) is -3.74. The number of rotatable bonds is 6. The van der Waals surface area contributed by atoms with Gasteiger partial charge in [-0.3, -0.25) is 0 Å². The number of para-hydroxylation sites is 1. The normalized spacial score (nSPS) is 15.0. The molecule has 0 saturated carbocycles. The van der Waals surface area contributed by atoms with Crippen LogP contribution >= 0.6 is 0 Å². The van der Waals surface area contributed by atoms with E-state index in [9.17, 15) is 26.7 Å². The number of sulfonamides is 1. The molecule has 10 heteroatoms. The maximum absolute atomic E-state index is 12.4. The van der Waals surface area contributed by atoms with E-state index < -0.39 is 39.2 Å². The maximum atomic E-state index is 12.4. The van der Waals surface area contributed by atoms with Crippen molar-refractivity contribution in [3.8, 4) is 5.75 Å². The number of halogens is 3. The number of ether oxygens (including phenoxy) is 1. The van der Waals surface area contributed by atoms with Crippen molar-refractivity contribution in [2.45, 2.75) is 23.8 Å². The van der Waals surface area contributed by atoms with E-state index in [1.807, 2.05) is 4.72 Å². The third-order valence-electron chi connectivity index (χ3n) is 3.02. The molecule has 1 atom stereocenters. The van der Waals surface area contributed by atoms with Gasteiger partial charge in [0, 0.05) is 6.54 Å². The summed E-state index contributed by atoms with van der Waals surface area (Å²) >= 11 is 0. The fraction of sp³-hybridized carbons (Fsp3) is 0.286. The molecule has 0 aliphatic heterocycles. The van der Waals surface area contributed by atoms with E-state index in [4.69, 9.17) is 4.42 Å². The van der Waals surface area contributed by atoms with E-state index in [2.05, 4.69) is 4.74 Å². The average Bonchev–Trinajstić information content (AvgIpc) is 2.99. The molecule has 0 saturated heterocycles. The third kappa shape index (κ3) is 4.49. The predicted molar refractivity (Wildman–Crippen MR) is 76.6 cm³/mol. The zero-order valence-electron chi connectivity index (χ0n) is 12.4. The van der Waals surface area contributed by atoms with Crippen molar-refractivity contribution in [3.63, 3.8) is 0 Å². The van der Waals surface area contributed by atoms with Gasteiger partial charge in [0.15, 0.2) is 0 Å². The van der Waals surface area contributed by atoms with E-state index in [1.165, 1.54) is 37.5 Å². The lowest BCUT2D eigenvalue weighted by atomic mass is 10.1. The third-order valence-corrected chi connectivity index (χ3v) is 4.46. The van der Waals surface area contributed by atoms with Gasteiger partial charge in [-0.25, -0.2) is 13.1 Å². The summed E-state index contributed by atoms with van der Waals surface area (Å²) in [6.45, 7) is 0.787. The highest BCUT2D eigenvalue weighted by atomic mass is 32.2. The summed E-state index contributed by atoms with van der Waals surface area (Å²) in [5, 5.41) is 10.2. The Kier molecular flexibility index (Phi) is 4.92. The number of alkyl halides is 3. The minimum absolute atomic E-state index is 0.102. The van der Waals surface area contributed by atoms with Gasteiger partial charge in [0.2, 0.25) is 10.0 Å². The topological polar surface area (TPSA) is 88.8 Å². The van der Waals surface area contributed by atoms with Gasteiger partial charge in [0.1, 0.15) is 22.0 Å². The van der Waals surface area contributed by atoms with E-state index in [1.54, 1.807) is 0 Å². The summed E-state index contributed by atoms with van der Waals surface area (Å²) in [5.74, 6) is -0.764. The lowest BCUT2D eigenvalue weighted by Crippen LogP contribution is -2.38. The van der Waals surface area contributed by atoms with Gasteiger partial charge in [0.05, 0.1) is 6.26 Å². The van der Waals surface area contributed by atoms with Gasteiger partial charge >= 0.3 is 6.36 Å². The largest absolute Gasteiger partial charge is 0.573 e. The minimum Gasteiger partial charge on any atom is -0.466 e. The van der Waals surface area contributed by atoms with Crippen LogP contribution < -0.4 is 9.46 Å². The van der Waals surface area contributed by atoms with Crippen LogP contribution in [-0.4, -0.2) is 26.4 Å². The number of benzene rings is 1. The molecule has 1 heterocycles. The summed E-state index contributed by atoms with van der Waals surface area (Å²) < 4.78 is 72.4. The van der Waals surface area contributed by atoms with Gasteiger partial charge in [-0.1, -0.05) is 12.1 Å². The molecule has 0 spiro atoms. The first-order valence-electron chi connectivity index (χ1n) is 6.62. The molecule has 0 aliphatic carbocycles. The van der Waals surface area contributed by atoms with Crippen molar-refractivity contribution in [2.24, 2.45) is 0 Å². The van der Waals surface area contributed by atoms with Crippen LogP contribution in [0.4, 0.5) is 13.2 Å². The zero-order chi connectivity index (χ0) is 18.0. The molecule has 0 amide bonds. The van der Waals surface area contributed by atoms with Crippen molar-refractivity contribution in [2.75, 3.05) is 6.54 Å². The Morgan fingerprint density at radius 3 is 2.46 bits per heavy atom. The highest BCUT2D eigenvalue weighted by Gasteiger charge is 2.35. The van der Waals surface area contributed by atoms with Crippen molar-refractivity contribution in [1.29, 1.82) is 0 Å². The van der Waals surface area contributed by atoms with Crippen LogP contribution in [-0.2, 0) is 15.6 Å². The van der Waals surface area contributed by atoms with Crippen LogP contribution in [0.15, 0.2) is 52.0 Å². The minimum atomic E-state index is -5.04.